The van der Waals surface area contributed by atoms with Gasteiger partial charge in [0.25, 0.3) is 0 Å². The summed E-state index contributed by atoms with van der Waals surface area (Å²) in [6.07, 6.45) is 2.17. The van der Waals surface area contributed by atoms with Gasteiger partial charge >= 0.3 is 0 Å². The Morgan fingerprint density at radius 1 is 0.893 bits per heavy atom. The number of aromatic nitrogens is 1. The summed E-state index contributed by atoms with van der Waals surface area (Å²) in [6, 6.07) is 15.3. The molecule has 0 fully saturated rings. The maximum Gasteiger partial charge on any atom is 0.228 e. The molecule has 1 aliphatic heterocycles. The standard InChI is InChI=1S/C25H26NOSi/c1-15-9-7-11-18-16(2)21-23-22-17(13-14-26(23)3)10-8-12-19(22)27-24(21)25(20(15)18)28(4,5)6/h7-14H,1-6H3/q+1. The first-order valence-electron chi connectivity index (χ1n) is 9.95. The molecule has 0 saturated carbocycles. The van der Waals surface area contributed by atoms with Crippen LogP contribution in [0.4, 0.5) is 0 Å². The van der Waals surface area contributed by atoms with Gasteiger partial charge in [-0.1, -0.05) is 50.0 Å². The van der Waals surface area contributed by atoms with Gasteiger partial charge < -0.3 is 4.74 Å². The lowest BCUT2D eigenvalue weighted by molar-refractivity contribution is -0.659. The summed E-state index contributed by atoms with van der Waals surface area (Å²) in [5.74, 6) is 2.06. The highest BCUT2D eigenvalue weighted by atomic mass is 28.3. The molecule has 0 atom stereocenters. The number of benzene rings is 3. The molecule has 4 aromatic rings. The predicted octanol–water partition coefficient (Wildman–Crippen LogP) is 5.75. The van der Waals surface area contributed by atoms with Crippen LogP contribution in [0.25, 0.3) is 32.8 Å². The Morgan fingerprint density at radius 2 is 1.64 bits per heavy atom. The highest BCUT2D eigenvalue weighted by molar-refractivity contribution is 6.91. The van der Waals surface area contributed by atoms with Gasteiger partial charge in [0.05, 0.1) is 19.0 Å². The van der Waals surface area contributed by atoms with Crippen LogP contribution in [-0.2, 0) is 7.05 Å². The van der Waals surface area contributed by atoms with E-state index in [1.165, 1.54) is 49.1 Å². The summed E-state index contributed by atoms with van der Waals surface area (Å²) < 4.78 is 8.99. The molecule has 1 aliphatic rings. The van der Waals surface area contributed by atoms with Crippen molar-refractivity contribution < 1.29 is 9.30 Å². The van der Waals surface area contributed by atoms with Crippen molar-refractivity contribution in [3.8, 4) is 22.8 Å². The normalized spacial score (nSPS) is 12.9. The average molecular weight is 385 g/mol. The molecule has 1 aromatic heterocycles. The smallest absolute Gasteiger partial charge is 0.228 e. The molecule has 3 heteroatoms. The van der Waals surface area contributed by atoms with E-state index in [0.29, 0.717) is 0 Å². The minimum absolute atomic E-state index is 0.975. The van der Waals surface area contributed by atoms with Gasteiger partial charge in [0, 0.05) is 6.07 Å². The van der Waals surface area contributed by atoms with Crippen LogP contribution >= 0.6 is 0 Å². The first kappa shape index (κ1) is 17.4. The van der Waals surface area contributed by atoms with E-state index in [0.717, 1.165) is 11.5 Å². The number of hydrogen-bond acceptors (Lipinski definition) is 1. The highest BCUT2D eigenvalue weighted by Gasteiger charge is 2.36. The van der Waals surface area contributed by atoms with E-state index < -0.39 is 8.07 Å². The van der Waals surface area contributed by atoms with E-state index in [-0.39, 0.29) is 0 Å². The summed E-state index contributed by atoms with van der Waals surface area (Å²) in [7, 11) is 0.460. The van der Waals surface area contributed by atoms with Gasteiger partial charge in [-0.2, -0.15) is 0 Å². The largest absolute Gasteiger partial charge is 0.456 e. The molecule has 0 unspecified atom stereocenters. The zero-order chi connectivity index (χ0) is 19.8. The van der Waals surface area contributed by atoms with Crippen LogP contribution in [0.1, 0.15) is 11.1 Å². The predicted molar refractivity (Wildman–Crippen MR) is 121 cm³/mol. The van der Waals surface area contributed by atoms with Crippen LogP contribution in [0, 0.1) is 13.8 Å². The maximum absolute atomic E-state index is 6.73. The molecular weight excluding hydrogens is 358 g/mol. The zero-order valence-corrected chi connectivity index (χ0v) is 18.5. The molecule has 0 radical (unpaired) electrons. The SMILES string of the molecule is Cc1c2c(c([Si](C)(C)C)c3c(C)cccc13)Oc1cccc3cc[n+](C)c-2c13. The second kappa shape index (κ2) is 5.68. The Morgan fingerprint density at radius 3 is 2.39 bits per heavy atom. The first-order valence-corrected chi connectivity index (χ1v) is 13.4. The van der Waals surface area contributed by atoms with Gasteiger partial charge in [0.1, 0.15) is 18.5 Å². The van der Waals surface area contributed by atoms with Gasteiger partial charge in [-0.15, -0.1) is 0 Å². The van der Waals surface area contributed by atoms with Crippen LogP contribution in [-0.4, -0.2) is 8.07 Å². The Labute approximate surface area is 167 Å². The quantitative estimate of drug-likeness (QED) is 0.265. The Balaban J connectivity index is 2.08. The van der Waals surface area contributed by atoms with E-state index in [1.54, 1.807) is 0 Å². The summed E-state index contributed by atoms with van der Waals surface area (Å²) in [6.45, 7) is 11.8. The monoisotopic (exact) mass is 384 g/mol. The molecular formula is C25H26NOSi+. The van der Waals surface area contributed by atoms with E-state index in [9.17, 15) is 0 Å². The van der Waals surface area contributed by atoms with Crippen molar-refractivity contribution in [3.63, 3.8) is 0 Å². The van der Waals surface area contributed by atoms with Crippen LogP contribution < -0.4 is 14.5 Å². The maximum atomic E-state index is 6.73. The van der Waals surface area contributed by atoms with Crippen molar-refractivity contribution in [1.82, 2.24) is 0 Å². The minimum atomic E-state index is -1.69. The molecule has 2 heterocycles. The van der Waals surface area contributed by atoms with Gasteiger partial charge in [0.15, 0.2) is 6.20 Å². The second-order valence-corrected chi connectivity index (χ2v) is 14.0. The fourth-order valence-electron chi connectivity index (χ4n) is 4.84. The second-order valence-electron chi connectivity index (χ2n) is 9.05. The lowest BCUT2D eigenvalue weighted by atomic mass is 9.90. The molecule has 28 heavy (non-hydrogen) atoms. The van der Waals surface area contributed by atoms with Crippen molar-refractivity contribution in [3.05, 3.63) is 59.8 Å². The zero-order valence-electron chi connectivity index (χ0n) is 17.5. The van der Waals surface area contributed by atoms with Crippen molar-refractivity contribution >= 4 is 34.8 Å². The Hall–Kier alpha value is -2.65. The number of fused-ring (bicyclic) bond motifs is 3. The number of nitrogens with zero attached hydrogens (tertiary/aromatic N) is 1. The summed E-state index contributed by atoms with van der Waals surface area (Å²) in [5.41, 5.74) is 5.19. The van der Waals surface area contributed by atoms with Crippen LogP contribution in [0.2, 0.25) is 19.6 Å². The van der Waals surface area contributed by atoms with Crippen molar-refractivity contribution in [2.24, 2.45) is 7.05 Å². The van der Waals surface area contributed by atoms with Gasteiger partial charge in [-0.3, -0.25) is 0 Å². The Bertz CT molecular complexity index is 1300. The van der Waals surface area contributed by atoms with Crippen molar-refractivity contribution in [1.29, 1.82) is 0 Å². The third-order valence-electron chi connectivity index (χ3n) is 6.08. The first-order chi connectivity index (χ1) is 13.3. The molecule has 2 nitrogen and oxygen atoms in total. The fraction of sp³-hybridized carbons (Fsp3) is 0.240. The third-order valence-corrected chi connectivity index (χ3v) is 8.06. The highest BCUT2D eigenvalue weighted by Crippen LogP contribution is 2.48. The molecule has 5 rings (SSSR count). The summed E-state index contributed by atoms with van der Waals surface area (Å²) >= 11 is 0. The third kappa shape index (κ3) is 2.23. The van der Waals surface area contributed by atoms with Crippen LogP contribution in [0.15, 0.2) is 48.7 Å². The van der Waals surface area contributed by atoms with Gasteiger partial charge in [0.2, 0.25) is 5.69 Å². The number of aryl methyl sites for hydroxylation is 3. The van der Waals surface area contributed by atoms with E-state index in [2.05, 4.69) is 93.8 Å². The summed E-state index contributed by atoms with van der Waals surface area (Å²) in [5, 5.41) is 6.64. The van der Waals surface area contributed by atoms with Crippen molar-refractivity contribution in [2.75, 3.05) is 0 Å². The van der Waals surface area contributed by atoms with Crippen molar-refractivity contribution in [2.45, 2.75) is 33.5 Å². The van der Waals surface area contributed by atoms with Crippen LogP contribution in [0.5, 0.6) is 11.5 Å². The number of rotatable bonds is 1. The van der Waals surface area contributed by atoms with E-state index in [4.69, 9.17) is 4.74 Å². The molecule has 0 amide bonds. The average Bonchev–Trinajstić information content (AvgIpc) is 2.64. The molecule has 140 valence electrons. The molecule has 0 N–H and O–H groups in total. The van der Waals surface area contributed by atoms with Crippen LogP contribution in [0.3, 0.4) is 0 Å². The topological polar surface area (TPSA) is 13.1 Å². The minimum Gasteiger partial charge on any atom is -0.456 e. The number of pyridine rings is 1. The Kier molecular flexibility index (Phi) is 3.54. The molecule has 0 aliphatic carbocycles. The van der Waals surface area contributed by atoms with Gasteiger partial charge in [-0.05, 0) is 52.4 Å². The molecule has 0 saturated heterocycles. The lowest BCUT2D eigenvalue weighted by Gasteiger charge is -2.30. The number of hydrogen-bond donors (Lipinski definition) is 0. The molecule has 0 bridgehead atoms. The van der Waals surface area contributed by atoms with E-state index >= 15 is 0 Å². The van der Waals surface area contributed by atoms with E-state index in [1.807, 2.05) is 0 Å². The number of ether oxygens (including phenoxy) is 1. The molecule has 3 aromatic carbocycles. The lowest BCUT2D eigenvalue weighted by Crippen LogP contribution is -2.41. The molecule has 0 spiro atoms. The fourth-order valence-corrected chi connectivity index (χ4v) is 6.78. The van der Waals surface area contributed by atoms with Gasteiger partial charge in [-0.25, -0.2) is 4.57 Å². The summed E-state index contributed by atoms with van der Waals surface area (Å²) in [4.78, 5) is 0.